The summed E-state index contributed by atoms with van der Waals surface area (Å²) in [5, 5.41) is 2.51. The van der Waals surface area contributed by atoms with Crippen LogP contribution in [0.15, 0.2) is 114 Å². The molecule has 0 saturated heterocycles. The number of hydrogen-bond donors (Lipinski definition) is 0. The Morgan fingerprint density at radius 3 is 1.75 bits per heavy atom. The maximum Gasteiger partial charge on any atom is -1.00 e. The van der Waals surface area contributed by atoms with Crippen LogP contribution >= 0.6 is 7.49 Å². The van der Waals surface area contributed by atoms with Crippen molar-refractivity contribution in [3.05, 3.63) is 114 Å². The zero-order valence-electron chi connectivity index (χ0n) is 15.7. The summed E-state index contributed by atoms with van der Waals surface area (Å²) >= 11 is 0.190. The Hall–Kier alpha value is -1.66. The van der Waals surface area contributed by atoms with Gasteiger partial charge in [-0.05, 0) is 0 Å². The van der Waals surface area contributed by atoms with E-state index in [1.165, 1.54) is 19.5 Å². The first-order valence-electron chi connectivity index (χ1n) is 8.97. The molecular weight excluding hydrogens is 450 g/mol. The minimum atomic E-state index is -2.10. The van der Waals surface area contributed by atoms with Crippen molar-refractivity contribution in [3.8, 4) is 0 Å². The van der Waals surface area contributed by atoms with E-state index in [9.17, 15) is 0 Å². The van der Waals surface area contributed by atoms with E-state index in [1.807, 2.05) is 6.08 Å². The van der Waals surface area contributed by atoms with Crippen molar-refractivity contribution in [2.24, 2.45) is 0 Å². The molecule has 4 heteroatoms. The normalized spacial score (nSPS) is 20.1. The average molecular weight is 472 g/mol. The first-order valence-corrected chi connectivity index (χ1v) is 12.5. The van der Waals surface area contributed by atoms with E-state index in [0.717, 1.165) is 0 Å². The summed E-state index contributed by atoms with van der Waals surface area (Å²) < 4.78 is 9.66. The molecule has 1 nitrogen and oxygen atoms in total. The van der Waals surface area contributed by atoms with Crippen molar-refractivity contribution in [1.82, 2.24) is 0 Å². The van der Waals surface area contributed by atoms with Crippen molar-refractivity contribution in [3.63, 3.8) is 0 Å². The molecule has 1 unspecified atom stereocenters. The molecule has 4 rings (SSSR count). The van der Waals surface area contributed by atoms with E-state index in [4.69, 9.17) is 4.52 Å². The second-order valence-corrected chi connectivity index (χ2v) is 11.8. The predicted octanol–water partition coefficient (Wildman–Crippen LogP) is 1.42. The second kappa shape index (κ2) is 8.78. The largest absolute Gasteiger partial charge is 1.00 e. The molecule has 0 fully saturated rings. The van der Waals surface area contributed by atoms with Crippen LogP contribution < -0.4 is 27.5 Å². The summed E-state index contributed by atoms with van der Waals surface area (Å²) in [6, 6.07) is 32.0. The SMILES string of the molecule is C=CC1(C)O[P+](c2ccccc2)(c2ccccc2)C=C1[Se]c1ccccc1.[Cl-]. The van der Waals surface area contributed by atoms with Crippen LogP contribution in [0.25, 0.3) is 0 Å². The Morgan fingerprint density at radius 2 is 1.29 bits per heavy atom. The van der Waals surface area contributed by atoms with Crippen LogP contribution in [-0.2, 0) is 4.52 Å². The average Bonchev–Trinajstić information content (AvgIpc) is 3.04. The van der Waals surface area contributed by atoms with E-state index in [0.29, 0.717) is 0 Å². The molecule has 3 aromatic carbocycles. The molecular formula is C24H22ClOPSe. The van der Waals surface area contributed by atoms with Crippen LogP contribution in [0.2, 0.25) is 0 Å². The standard InChI is InChI=1S/C24H22OPSe.ClH/c1-3-24(2)23(27-22-17-11-6-12-18-22)19-26(25-24,20-13-7-4-8-14-20)21-15-9-5-10-16-21;/h3-19H,1H2,2H3;1H/q+1;/p-1. The van der Waals surface area contributed by atoms with Crippen LogP contribution in [0.1, 0.15) is 6.92 Å². The summed E-state index contributed by atoms with van der Waals surface area (Å²) in [7, 11) is -2.10. The van der Waals surface area contributed by atoms with Crippen molar-refractivity contribution in [2.45, 2.75) is 12.5 Å². The van der Waals surface area contributed by atoms with Gasteiger partial charge in [0, 0.05) is 0 Å². The molecule has 0 aromatic heterocycles. The molecule has 1 aliphatic rings. The minimum absolute atomic E-state index is 0. The first-order chi connectivity index (χ1) is 13.2. The fraction of sp³-hybridized carbons (Fsp3) is 0.0833. The van der Waals surface area contributed by atoms with E-state index in [2.05, 4.69) is 110 Å². The van der Waals surface area contributed by atoms with E-state index in [-0.39, 0.29) is 27.4 Å². The molecule has 0 spiro atoms. The molecule has 0 radical (unpaired) electrons. The van der Waals surface area contributed by atoms with Gasteiger partial charge in [0.05, 0.1) is 0 Å². The van der Waals surface area contributed by atoms with Gasteiger partial charge >= 0.3 is 169 Å². The van der Waals surface area contributed by atoms with Gasteiger partial charge in [-0.2, -0.15) is 0 Å². The monoisotopic (exact) mass is 472 g/mol. The summed E-state index contributed by atoms with van der Waals surface area (Å²) in [5.41, 5.74) is -0.449. The Labute approximate surface area is 180 Å². The van der Waals surface area contributed by atoms with Crippen LogP contribution in [0, 0.1) is 0 Å². The quantitative estimate of drug-likeness (QED) is 0.311. The van der Waals surface area contributed by atoms with Crippen molar-refractivity contribution in [1.29, 1.82) is 0 Å². The summed E-state index contributed by atoms with van der Waals surface area (Å²) in [6.07, 6.45) is 1.97. The third-order valence-corrected chi connectivity index (χ3v) is 11.2. The zero-order chi connectivity index (χ0) is 18.7. The van der Waals surface area contributed by atoms with Crippen LogP contribution in [0.3, 0.4) is 0 Å². The summed E-state index contributed by atoms with van der Waals surface area (Å²) in [6.45, 7) is 6.28. The maximum absolute atomic E-state index is 6.96. The maximum atomic E-state index is 6.96. The summed E-state index contributed by atoms with van der Waals surface area (Å²) in [5.74, 6) is 2.44. The number of benzene rings is 3. The van der Waals surface area contributed by atoms with E-state index >= 15 is 0 Å². The molecule has 1 atom stereocenters. The Kier molecular flexibility index (Phi) is 6.61. The van der Waals surface area contributed by atoms with Gasteiger partial charge in [-0.15, -0.1) is 0 Å². The summed E-state index contributed by atoms with van der Waals surface area (Å²) in [4.78, 5) is 0. The van der Waals surface area contributed by atoms with Gasteiger partial charge in [-0.25, -0.2) is 0 Å². The minimum Gasteiger partial charge on any atom is -1.00 e. The van der Waals surface area contributed by atoms with E-state index < -0.39 is 13.1 Å². The van der Waals surface area contributed by atoms with Gasteiger partial charge in [0.15, 0.2) is 0 Å². The fourth-order valence-corrected chi connectivity index (χ4v) is 9.99. The molecule has 28 heavy (non-hydrogen) atoms. The molecule has 0 saturated carbocycles. The van der Waals surface area contributed by atoms with Gasteiger partial charge in [0.25, 0.3) is 0 Å². The Morgan fingerprint density at radius 1 is 0.821 bits per heavy atom. The van der Waals surface area contributed by atoms with Crippen molar-refractivity contribution >= 4 is 37.5 Å². The van der Waals surface area contributed by atoms with Crippen LogP contribution in [0.5, 0.6) is 0 Å². The van der Waals surface area contributed by atoms with Crippen molar-refractivity contribution in [2.75, 3.05) is 0 Å². The zero-order valence-corrected chi connectivity index (χ0v) is 19.0. The predicted molar refractivity (Wildman–Crippen MR) is 119 cm³/mol. The smallest absolute Gasteiger partial charge is 1.00 e. The number of halogens is 1. The topological polar surface area (TPSA) is 9.23 Å². The molecule has 1 heterocycles. The third-order valence-electron chi connectivity index (χ3n) is 4.76. The molecule has 1 aliphatic heterocycles. The molecule has 0 amide bonds. The van der Waals surface area contributed by atoms with Gasteiger partial charge < -0.3 is 12.4 Å². The number of hydrogen-bond acceptors (Lipinski definition) is 1. The Bertz CT molecular complexity index is 920. The van der Waals surface area contributed by atoms with Gasteiger partial charge in [0.2, 0.25) is 0 Å². The second-order valence-electron chi connectivity index (χ2n) is 6.64. The first kappa shape index (κ1) is 21.1. The number of rotatable bonds is 5. The van der Waals surface area contributed by atoms with Gasteiger partial charge in [-0.1, -0.05) is 0 Å². The molecule has 0 aliphatic carbocycles. The molecule has 0 bridgehead atoms. The third kappa shape index (κ3) is 3.90. The molecule has 142 valence electrons. The van der Waals surface area contributed by atoms with Crippen LogP contribution in [-0.4, -0.2) is 20.6 Å². The van der Waals surface area contributed by atoms with Gasteiger partial charge in [0.1, 0.15) is 0 Å². The van der Waals surface area contributed by atoms with E-state index in [1.54, 1.807) is 0 Å². The fourth-order valence-electron chi connectivity index (χ4n) is 3.25. The molecule has 0 N–H and O–H groups in total. The van der Waals surface area contributed by atoms with Gasteiger partial charge in [-0.3, -0.25) is 0 Å². The molecule has 3 aromatic rings. The Balaban J connectivity index is 0.00000225. The van der Waals surface area contributed by atoms with Crippen LogP contribution in [0.4, 0.5) is 0 Å². The van der Waals surface area contributed by atoms with Crippen molar-refractivity contribution < 1.29 is 16.9 Å².